The monoisotopic (exact) mass is 541 g/mol. The van der Waals surface area contributed by atoms with Crippen LogP contribution in [0.4, 0.5) is 10.1 Å². The molecule has 0 unspecified atom stereocenters. The number of hydrogen-bond acceptors (Lipinski definition) is 5. The molecule has 0 spiro atoms. The molecule has 0 atom stereocenters. The number of aromatic nitrogens is 1. The second kappa shape index (κ2) is 14.0. The number of ketones is 1. The Morgan fingerprint density at radius 2 is 1.75 bits per heavy atom. The fraction of sp³-hybridized carbons (Fsp3) is 0.382. The van der Waals surface area contributed by atoms with Gasteiger partial charge in [0.1, 0.15) is 11.9 Å². The highest BCUT2D eigenvalue weighted by Gasteiger charge is 2.24. The second-order valence-electron chi connectivity index (χ2n) is 10.2. The molecule has 4 rings (SSSR count). The van der Waals surface area contributed by atoms with Crippen molar-refractivity contribution in [2.24, 2.45) is 5.92 Å². The number of benzene rings is 2. The van der Waals surface area contributed by atoms with Crippen molar-refractivity contribution in [1.82, 2.24) is 4.98 Å². The number of Topliss-reactive ketones (excluding diaryl/α,β-unsaturated/α-hetero) is 1. The molecule has 5 nitrogen and oxygen atoms in total. The zero-order chi connectivity index (χ0) is 29.4. The molecule has 40 heavy (non-hydrogen) atoms. The number of anilines is 1. The highest BCUT2D eigenvalue weighted by Crippen LogP contribution is 2.34. The maximum atomic E-state index is 15.5. The number of nitriles is 1. The van der Waals surface area contributed by atoms with E-state index < -0.39 is 5.82 Å². The zero-order valence-electron chi connectivity index (χ0n) is 24.7. The molecule has 0 N–H and O–H groups in total. The Morgan fingerprint density at radius 3 is 2.35 bits per heavy atom. The van der Waals surface area contributed by atoms with Gasteiger partial charge in [0.05, 0.1) is 16.9 Å². The van der Waals surface area contributed by atoms with Crippen LogP contribution < -0.4 is 4.90 Å². The van der Waals surface area contributed by atoms with Gasteiger partial charge in [-0.25, -0.2) is 4.39 Å². The largest absolute Gasteiger partial charge is 0.381 e. The van der Waals surface area contributed by atoms with E-state index in [1.165, 1.54) is 6.07 Å². The predicted octanol–water partition coefficient (Wildman–Crippen LogP) is 8.11. The van der Waals surface area contributed by atoms with Crippen LogP contribution >= 0.6 is 0 Å². The number of allylic oxidation sites excluding steroid dienone is 1. The minimum atomic E-state index is -0.409. The topological polar surface area (TPSA) is 66.2 Å². The number of pyridine rings is 1. The highest BCUT2D eigenvalue weighted by atomic mass is 19.1. The molecule has 1 aliphatic rings. The quantitative estimate of drug-likeness (QED) is 0.283. The molecule has 6 heteroatoms. The summed E-state index contributed by atoms with van der Waals surface area (Å²) in [6.07, 6.45) is 5.31. The van der Waals surface area contributed by atoms with Crippen molar-refractivity contribution in [3.8, 4) is 17.2 Å². The van der Waals surface area contributed by atoms with E-state index in [0.717, 1.165) is 40.8 Å². The minimum Gasteiger partial charge on any atom is -0.381 e. The Balaban J connectivity index is 0.00000216. The normalized spacial score (nSPS) is 13.8. The maximum Gasteiger partial charge on any atom is 0.165 e. The lowest BCUT2D eigenvalue weighted by atomic mass is 9.95. The third kappa shape index (κ3) is 6.84. The molecule has 1 fully saturated rings. The van der Waals surface area contributed by atoms with Crippen LogP contribution in [0, 0.1) is 30.0 Å². The lowest BCUT2D eigenvalue weighted by Crippen LogP contribution is -2.37. The molecule has 0 amide bonds. The first-order valence-electron chi connectivity index (χ1n) is 14.0. The Labute approximate surface area is 238 Å². The number of ether oxygens (including phenoxy) is 1. The Bertz CT molecular complexity index is 1400. The standard InChI is InChI=1S/C32H34FN3O2.C2H6/c1-20(2)32(37)24-8-6-23(7-9-24)21(3)16-30-22(4)28(10-13-35-30)25-17-26(19-34)31(29(33)18-25)36(5)27-11-14-38-15-12-27;1-2/h6-10,13,16-18,20,27H,11-12,14-15H2,1-5H3;1-2H3/b21-16+;. The Kier molecular flexibility index (Phi) is 10.8. The highest BCUT2D eigenvalue weighted by molar-refractivity contribution is 5.97. The van der Waals surface area contributed by atoms with Gasteiger partial charge in [0, 0.05) is 44.0 Å². The third-order valence-electron chi connectivity index (χ3n) is 7.33. The average Bonchev–Trinajstić information content (AvgIpc) is 2.98. The Morgan fingerprint density at radius 1 is 1.12 bits per heavy atom. The summed E-state index contributed by atoms with van der Waals surface area (Å²) >= 11 is 0. The summed E-state index contributed by atoms with van der Waals surface area (Å²) in [4.78, 5) is 18.7. The van der Waals surface area contributed by atoms with Crippen LogP contribution in [0.5, 0.6) is 0 Å². The van der Waals surface area contributed by atoms with Crippen molar-refractivity contribution in [3.63, 3.8) is 0 Å². The lowest BCUT2D eigenvalue weighted by molar-refractivity contribution is 0.0853. The van der Waals surface area contributed by atoms with Gasteiger partial charge >= 0.3 is 0 Å². The zero-order valence-corrected chi connectivity index (χ0v) is 24.7. The molecule has 0 radical (unpaired) electrons. The molecular weight excluding hydrogens is 501 g/mol. The molecule has 0 saturated carbocycles. The Hall–Kier alpha value is -3.82. The minimum absolute atomic E-state index is 0.0465. The number of hydrogen-bond donors (Lipinski definition) is 0. The van der Waals surface area contributed by atoms with Crippen LogP contribution in [-0.2, 0) is 4.74 Å². The SMILES string of the molecule is C/C(=C\c1nccc(-c2cc(F)c(N(C)C3CCOCC3)c(C#N)c2)c1C)c1ccc(C(=O)C(C)C)cc1.CC. The number of carbonyl (C=O) groups is 1. The third-order valence-corrected chi connectivity index (χ3v) is 7.33. The summed E-state index contributed by atoms with van der Waals surface area (Å²) in [6.45, 7) is 13.0. The van der Waals surface area contributed by atoms with Gasteiger partial charge < -0.3 is 9.64 Å². The molecule has 2 heterocycles. The van der Waals surface area contributed by atoms with E-state index in [1.54, 1.807) is 12.3 Å². The van der Waals surface area contributed by atoms with E-state index in [2.05, 4.69) is 11.1 Å². The summed E-state index contributed by atoms with van der Waals surface area (Å²) in [7, 11) is 1.85. The first-order valence-corrected chi connectivity index (χ1v) is 14.0. The summed E-state index contributed by atoms with van der Waals surface area (Å²) in [6, 6.07) is 15.1. The van der Waals surface area contributed by atoms with Crippen LogP contribution in [0.15, 0.2) is 48.7 Å². The molecule has 0 bridgehead atoms. The van der Waals surface area contributed by atoms with E-state index in [0.29, 0.717) is 35.6 Å². The van der Waals surface area contributed by atoms with Crippen molar-refractivity contribution in [3.05, 3.63) is 82.4 Å². The predicted molar refractivity (Wildman–Crippen MR) is 162 cm³/mol. The van der Waals surface area contributed by atoms with Gasteiger partial charge in [-0.1, -0.05) is 52.0 Å². The van der Waals surface area contributed by atoms with Gasteiger partial charge in [-0.2, -0.15) is 5.26 Å². The fourth-order valence-electron chi connectivity index (χ4n) is 4.98. The van der Waals surface area contributed by atoms with E-state index in [1.807, 2.05) is 89.9 Å². The first kappa shape index (κ1) is 30.7. The van der Waals surface area contributed by atoms with Crippen LogP contribution in [-0.4, -0.2) is 37.1 Å². The van der Waals surface area contributed by atoms with Crippen molar-refractivity contribution in [2.75, 3.05) is 25.2 Å². The van der Waals surface area contributed by atoms with E-state index in [-0.39, 0.29) is 17.7 Å². The summed E-state index contributed by atoms with van der Waals surface area (Å²) in [5.74, 6) is -0.333. The van der Waals surface area contributed by atoms with Gasteiger partial charge in [0.2, 0.25) is 0 Å². The van der Waals surface area contributed by atoms with Crippen molar-refractivity contribution in [2.45, 2.75) is 60.4 Å². The van der Waals surface area contributed by atoms with Gasteiger partial charge in [-0.05, 0) is 78.8 Å². The molecular formula is C34H40FN3O2. The van der Waals surface area contributed by atoms with Crippen LogP contribution in [0.3, 0.4) is 0 Å². The molecule has 1 aliphatic heterocycles. The molecule has 2 aromatic carbocycles. The van der Waals surface area contributed by atoms with Crippen LogP contribution in [0.2, 0.25) is 0 Å². The van der Waals surface area contributed by atoms with Gasteiger partial charge in [0.25, 0.3) is 0 Å². The van der Waals surface area contributed by atoms with Crippen LogP contribution in [0.1, 0.15) is 80.2 Å². The molecule has 1 saturated heterocycles. The molecule has 210 valence electrons. The van der Waals surface area contributed by atoms with Crippen LogP contribution in [0.25, 0.3) is 22.8 Å². The van der Waals surface area contributed by atoms with Gasteiger partial charge in [-0.15, -0.1) is 0 Å². The molecule has 3 aromatic rings. The van der Waals surface area contributed by atoms with Crippen molar-refractivity contribution < 1.29 is 13.9 Å². The van der Waals surface area contributed by atoms with Gasteiger partial charge in [0.15, 0.2) is 5.78 Å². The molecule has 1 aromatic heterocycles. The number of halogens is 1. The summed E-state index contributed by atoms with van der Waals surface area (Å²) in [5.41, 5.74) is 6.49. The maximum absolute atomic E-state index is 15.5. The summed E-state index contributed by atoms with van der Waals surface area (Å²) < 4.78 is 21.0. The van der Waals surface area contributed by atoms with Crippen molar-refractivity contribution in [1.29, 1.82) is 5.26 Å². The number of carbonyl (C=O) groups excluding carboxylic acids is 1. The van der Waals surface area contributed by atoms with E-state index in [9.17, 15) is 10.1 Å². The average molecular weight is 542 g/mol. The molecule has 0 aliphatic carbocycles. The number of rotatable bonds is 7. The van der Waals surface area contributed by atoms with E-state index in [4.69, 9.17) is 4.74 Å². The number of nitrogens with zero attached hydrogens (tertiary/aromatic N) is 3. The lowest BCUT2D eigenvalue weighted by Gasteiger charge is -2.33. The fourth-order valence-corrected chi connectivity index (χ4v) is 4.98. The smallest absolute Gasteiger partial charge is 0.165 e. The van der Waals surface area contributed by atoms with E-state index >= 15 is 4.39 Å². The second-order valence-corrected chi connectivity index (χ2v) is 10.2. The first-order chi connectivity index (χ1) is 19.2. The van der Waals surface area contributed by atoms with Gasteiger partial charge in [-0.3, -0.25) is 9.78 Å². The summed E-state index contributed by atoms with van der Waals surface area (Å²) in [5, 5.41) is 9.90. The van der Waals surface area contributed by atoms with Crippen molar-refractivity contribution >= 4 is 23.1 Å².